The van der Waals surface area contributed by atoms with Crippen LogP contribution in [0.1, 0.15) is 0 Å². The average Bonchev–Trinajstić information content (AvgIpc) is 3.86. The van der Waals surface area contributed by atoms with E-state index in [9.17, 15) is 9.59 Å². The zero-order valence-corrected chi connectivity index (χ0v) is 37.1. The van der Waals surface area contributed by atoms with Gasteiger partial charge in [0.15, 0.2) is 11.3 Å². The van der Waals surface area contributed by atoms with Gasteiger partial charge in [-0.3, -0.25) is 32.4 Å². The Morgan fingerprint density at radius 3 is 1.53 bits per heavy atom. The van der Waals surface area contributed by atoms with Crippen LogP contribution in [0, 0.1) is 0 Å². The first-order valence-electron chi connectivity index (χ1n) is 19.7. The van der Waals surface area contributed by atoms with Crippen molar-refractivity contribution in [2.24, 2.45) is 4.99 Å². The van der Waals surface area contributed by atoms with Crippen LogP contribution in [-0.4, -0.2) is 103 Å². The molecule has 0 aliphatic rings. The third-order valence-electron chi connectivity index (χ3n) is 10.1. The zero-order chi connectivity index (χ0) is 45.2. The highest BCUT2D eigenvalue weighted by Gasteiger charge is 2.20. The Bertz CT molecular complexity index is 3470. The van der Waals surface area contributed by atoms with Gasteiger partial charge in [-0.1, -0.05) is 59.6 Å². The van der Waals surface area contributed by atoms with Gasteiger partial charge in [0.25, 0.3) is 11.1 Å². The van der Waals surface area contributed by atoms with Crippen LogP contribution in [0.25, 0.3) is 66.5 Å². The number of pyridine rings is 6. The number of nitrogens with two attached hydrogens (primary N) is 1. The third-order valence-corrected chi connectivity index (χ3v) is 10.5. The van der Waals surface area contributed by atoms with E-state index in [1.165, 1.54) is 0 Å². The molecule has 2 N–H and O–H groups in total. The van der Waals surface area contributed by atoms with E-state index >= 15 is 0 Å². The quantitative estimate of drug-likeness (QED) is 0.0724. The van der Waals surface area contributed by atoms with Crippen molar-refractivity contribution in [2.75, 3.05) is 48.1 Å². The van der Waals surface area contributed by atoms with Crippen molar-refractivity contribution in [3.8, 4) is 11.4 Å². The van der Waals surface area contributed by atoms with Crippen LogP contribution in [0.15, 0.2) is 136 Å². The molecule has 0 radical (unpaired) electrons. The van der Waals surface area contributed by atoms with Gasteiger partial charge in [0.2, 0.25) is 6.41 Å². The average molecular weight is 898 g/mol. The summed E-state index contributed by atoms with van der Waals surface area (Å²) in [4.78, 5) is 52.8. The lowest BCUT2D eigenvalue weighted by molar-refractivity contribution is -0.179. The lowest BCUT2D eigenvalue weighted by atomic mass is 10.1. The summed E-state index contributed by atoms with van der Waals surface area (Å²) < 4.78 is 16.7. The number of aromatic nitrogens is 8. The van der Waals surface area contributed by atoms with Gasteiger partial charge >= 0.3 is 0 Å². The molecule has 10 rings (SSSR count). The van der Waals surface area contributed by atoms with Crippen LogP contribution < -0.4 is 16.9 Å². The fourth-order valence-corrected chi connectivity index (χ4v) is 7.52. The molecule has 16 nitrogen and oxygen atoms in total. The summed E-state index contributed by atoms with van der Waals surface area (Å²) in [6, 6.07) is 29.2. The minimum absolute atomic E-state index is 0.147. The molecule has 64 heavy (non-hydrogen) atoms. The molecular formula is C46H42Cl2N12O4. The molecule has 18 heteroatoms. The van der Waals surface area contributed by atoms with Crippen molar-refractivity contribution in [3.63, 3.8) is 0 Å². The fourth-order valence-electron chi connectivity index (χ4n) is 7.30. The van der Waals surface area contributed by atoms with Gasteiger partial charge in [0.1, 0.15) is 32.6 Å². The molecule has 2 aromatic carbocycles. The molecule has 0 saturated heterocycles. The van der Waals surface area contributed by atoms with Gasteiger partial charge in [-0.15, -0.1) is 0 Å². The standard InChI is InChI=1S/C22H17ClN6O.C19H12ClN5O.C5H13NO2/c1-27(2)13-25-14-7-10-19-26-20-16-5-3-4-6-17(16)22(30)29(21(20)28(19)12-14)15-8-9-18(23)24-11-15;20-15-7-6-12(9-22-15)25-18-17(13-3-1-2-4-14(13)19(25)26)23-16-8-5-11(21)10-24(16)18;1-6(2)5(7-3)8-4/h3-13H,1-2H3;1-10H,21H2;5H,1-4H3. The number of nitrogen functional groups attached to an aromatic ring is 1. The molecule has 0 unspecified atom stereocenters. The summed E-state index contributed by atoms with van der Waals surface area (Å²) in [6.07, 6.45) is 8.31. The van der Waals surface area contributed by atoms with Crippen LogP contribution in [-0.2, 0) is 9.47 Å². The van der Waals surface area contributed by atoms with E-state index in [4.69, 9.17) is 48.4 Å². The zero-order valence-electron chi connectivity index (χ0n) is 35.6. The highest BCUT2D eigenvalue weighted by molar-refractivity contribution is 6.29. The van der Waals surface area contributed by atoms with Crippen molar-refractivity contribution in [3.05, 3.63) is 153 Å². The Hall–Kier alpha value is -7.21. The number of hydrogen-bond acceptors (Lipinski definition) is 11. The molecule has 8 heterocycles. The number of benzene rings is 2. The maximum Gasteiger partial charge on any atom is 0.264 e. The van der Waals surface area contributed by atoms with Crippen LogP contribution in [0.3, 0.4) is 0 Å². The SMILES string of the molecule is CN(C)C=Nc1ccc2nc3c4ccccc4c(=O)n(-c4ccc(Cl)nc4)c3n2c1.COC(OC)N(C)C.Nc1ccc2nc3c4ccccc4c(=O)n(-c4ccc(Cl)nc4)c3n2c1. The number of rotatable bonds is 7. The monoisotopic (exact) mass is 896 g/mol. The van der Waals surface area contributed by atoms with Crippen molar-refractivity contribution in [1.82, 2.24) is 47.7 Å². The molecule has 0 aliphatic heterocycles. The molecule has 0 amide bonds. The summed E-state index contributed by atoms with van der Waals surface area (Å²) in [5.41, 5.74) is 12.4. The molecule has 8 aromatic heterocycles. The Kier molecular flexibility index (Phi) is 12.4. The number of methoxy groups -OCH3 is 2. The number of nitrogens with zero attached hydrogens (tertiary/aromatic N) is 11. The summed E-state index contributed by atoms with van der Waals surface area (Å²) in [6.45, 7) is 0. The van der Waals surface area contributed by atoms with Crippen molar-refractivity contribution >= 4 is 96.1 Å². The molecule has 0 spiro atoms. The Labute approximate surface area is 375 Å². The largest absolute Gasteiger partial charge is 0.398 e. The van der Waals surface area contributed by atoms with Crippen molar-refractivity contribution < 1.29 is 9.47 Å². The van der Waals surface area contributed by atoms with E-state index in [1.54, 1.807) is 84.7 Å². The molecule has 0 saturated carbocycles. The van der Waals surface area contributed by atoms with E-state index in [1.807, 2.05) is 114 Å². The van der Waals surface area contributed by atoms with Crippen LogP contribution in [0.2, 0.25) is 10.3 Å². The number of ether oxygens (including phenoxy) is 2. The second-order valence-electron chi connectivity index (χ2n) is 14.9. The van der Waals surface area contributed by atoms with Crippen LogP contribution in [0.4, 0.5) is 11.4 Å². The second-order valence-corrected chi connectivity index (χ2v) is 15.6. The summed E-state index contributed by atoms with van der Waals surface area (Å²) in [5, 5.41) is 3.51. The Morgan fingerprint density at radius 1 is 0.641 bits per heavy atom. The molecule has 0 aliphatic carbocycles. The topological polar surface area (TPSA) is 168 Å². The first-order chi connectivity index (χ1) is 30.9. The van der Waals surface area contributed by atoms with Crippen LogP contribution in [0.5, 0.6) is 0 Å². The number of anilines is 1. The van der Waals surface area contributed by atoms with Gasteiger partial charge in [-0.25, -0.2) is 24.9 Å². The fraction of sp³-hybridized carbons (Fsp3) is 0.152. The van der Waals surface area contributed by atoms with Gasteiger partial charge in [0.05, 0.1) is 35.8 Å². The summed E-state index contributed by atoms with van der Waals surface area (Å²) >= 11 is 11.9. The number of fused-ring (bicyclic) bond motifs is 10. The molecule has 10 aromatic rings. The lowest BCUT2D eigenvalue weighted by Gasteiger charge is -2.19. The maximum absolute atomic E-state index is 13.5. The second kappa shape index (κ2) is 18.3. The maximum atomic E-state index is 13.5. The van der Waals surface area contributed by atoms with Crippen molar-refractivity contribution in [2.45, 2.75) is 6.41 Å². The predicted molar refractivity (Wildman–Crippen MR) is 255 cm³/mol. The normalized spacial score (nSPS) is 11.7. The Balaban J connectivity index is 0.000000151. The number of halogens is 2. The minimum atomic E-state index is -0.213. The highest BCUT2D eigenvalue weighted by atomic mass is 35.5. The summed E-state index contributed by atoms with van der Waals surface area (Å²) in [5.74, 6) is 0. The smallest absolute Gasteiger partial charge is 0.264 e. The molecule has 0 bridgehead atoms. The molecule has 0 atom stereocenters. The number of imidazole rings is 2. The third kappa shape index (κ3) is 8.35. The van der Waals surface area contributed by atoms with Crippen molar-refractivity contribution in [1.29, 1.82) is 0 Å². The number of hydrogen-bond donors (Lipinski definition) is 1. The van der Waals surface area contributed by atoms with Gasteiger partial charge < -0.3 is 20.1 Å². The predicted octanol–water partition coefficient (Wildman–Crippen LogP) is 7.61. The highest BCUT2D eigenvalue weighted by Crippen LogP contribution is 2.29. The summed E-state index contributed by atoms with van der Waals surface area (Å²) in [7, 11) is 10.8. The van der Waals surface area contributed by atoms with Gasteiger partial charge in [0, 0.05) is 67.9 Å². The van der Waals surface area contributed by atoms with E-state index in [0.29, 0.717) is 55.1 Å². The Morgan fingerprint density at radius 2 is 1.11 bits per heavy atom. The van der Waals surface area contributed by atoms with E-state index < -0.39 is 0 Å². The molecular weight excluding hydrogens is 855 g/mol. The number of aliphatic imine (C=N–C) groups is 1. The van der Waals surface area contributed by atoms with E-state index in [-0.39, 0.29) is 17.5 Å². The van der Waals surface area contributed by atoms with E-state index in [2.05, 4.69) is 15.0 Å². The first kappa shape index (κ1) is 43.4. The van der Waals surface area contributed by atoms with Gasteiger partial charge in [-0.2, -0.15) is 0 Å². The van der Waals surface area contributed by atoms with E-state index in [0.717, 1.165) is 33.1 Å². The molecule has 324 valence electrons. The minimum Gasteiger partial charge on any atom is -0.398 e. The lowest BCUT2D eigenvalue weighted by Crippen LogP contribution is -2.30. The van der Waals surface area contributed by atoms with Crippen LogP contribution >= 0.6 is 23.2 Å². The van der Waals surface area contributed by atoms with Gasteiger partial charge in [-0.05, 0) is 74.8 Å². The first-order valence-corrected chi connectivity index (χ1v) is 20.5. The molecule has 0 fully saturated rings.